The highest BCUT2D eigenvalue weighted by Crippen LogP contribution is 2.44. The lowest BCUT2D eigenvalue weighted by atomic mass is 10.1. The van der Waals surface area contributed by atoms with Crippen LogP contribution < -0.4 is 10.6 Å². The van der Waals surface area contributed by atoms with Crippen molar-refractivity contribution in [2.24, 2.45) is 11.8 Å². The van der Waals surface area contributed by atoms with Gasteiger partial charge in [0.15, 0.2) is 0 Å². The first-order valence-corrected chi connectivity index (χ1v) is 7.92. The van der Waals surface area contributed by atoms with Crippen molar-refractivity contribution in [1.29, 1.82) is 0 Å². The van der Waals surface area contributed by atoms with Crippen molar-refractivity contribution in [2.75, 3.05) is 5.32 Å². The summed E-state index contributed by atoms with van der Waals surface area (Å²) >= 11 is 0. The number of nitrogens with one attached hydrogen (secondary N) is 2. The molecule has 0 heterocycles. The van der Waals surface area contributed by atoms with E-state index in [1.165, 1.54) is 31.2 Å². The standard InChI is InChI=1S/C17H24N2O/c1-2-3-12-4-10-15(11-5-12)18-17(20)19-16(13-6-7-13)14-8-9-14/h4-5,10-11,13-14,16H,2-3,6-9H2,1H3,(H2,18,19,20). The molecule has 0 aliphatic heterocycles. The Hall–Kier alpha value is -1.51. The van der Waals surface area contributed by atoms with Crippen LogP contribution in [-0.2, 0) is 6.42 Å². The fourth-order valence-electron chi connectivity index (χ4n) is 2.89. The van der Waals surface area contributed by atoms with E-state index < -0.39 is 0 Å². The van der Waals surface area contributed by atoms with E-state index in [1.54, 1.807) is 0 Å². The number of aryl methyl sites for hydroxylation is 1. The van der Waals surface area contributed by atoms with E-state index in [-0.39, 0.29) is 6.03 Å². The Kier molecular flexibility index (Phi) is 3.95. The second kappa shape index (κ2) is 5.86. The first-order chi connectivity index (χ1) is 9.76. The van der Waals surface area contributed by atoms with E-state index in [1.807, 2.05) is 12.1 Å². The molecule has 108 valence electrons. The second-order valence-corrected chi connectivity index (χ2v) is 6.25. The van der Waals surface area contributed by atoms with Crippen LogP contribution >= 0.6 is 0 Å². The maximum absolute atomic E-state index is 12.1. The number of carbonyl (C=O) groups excluding carboxylic acids is 1. The SMILES string of the molecule is CCCc1ccc(NC(=O)NC(C2CC2)C2CC2)cc1. The average molecular weight is 272 g/mol. The average Bonchev–Trinajstić information content (AvgIpc) is 3.31. The van der Waals surface area contributed by atoms with Gasteiger partial charge < -0.3 is 10.6 Å². The second-order valence-electron chi connectivity index (χ2n) is 6.25. The van der Waals surface area contributed by atoms with Gasteiger partial charge in [0.2, 0.25) is 0 Å². The normalized spacial score (nSPS) is 18.1. The zero-order valence-electron chi connectivity index (χ0n) is 12.2. The van der Waals surface area contributed by atoms with Crippen LogP contribution in [0.2, 0.25) is 0 Å². The molecule has 0 unspecified atom stereocenters. The fraction of sp³-hybridized carbons (Fsp3) is 0.588. The minimum Gasteiger partial charge on any atom is -0.335 e. The third kappa shape index (κ3) is 3.53. The summed E-state index contributed by atoms with van der Waals surface area (Å²) in [6.07, 6.45) is 7.39. The van der Waals surface area contributed by atoms with Crippen LogP contribution in [0.15, 0.2) is 24.3 Å². The van der Waals surface area contributed by atoms with Crippen LogP contribution in [-0.4, -0.2) is 12.1 Å². The van der Waals surface area contributed by atoms with Crippen molar-refractivity contribution in [3.05, 3.63) is 29.8 Å². The first-order valence-electron chi connectivity index (χ1n) is 7.92. The highest BCUT2D eigenvalue weighted by Gasteiger charge is 2.42. The molecule has 2 fully saturated rings. The highest BCUT2D eigenvalue weighted by atomic mass is 16.2. The summed E-state index contributed by atoms with van der Waals surface area (Å²) in [6.45, 7) is 2.18. The summed E-state index contributed by atoms with van der Waals surface area (Å²) in [4.78, 5) is 12.1. The molecule has 0 saturated heterocycles. The molecule has 1 aromatic rings. The van der Waals surface area contributed by atoms with Crippen LogP contribution in [0.4, 0.5) is 10.5 Å². The summed E-state index contributed by atoms with van der Waals surface area (Å²) < 4.78 is 0. The van der Waals surface area contributed by atoms with E-state index >= 15 is 0 Å². The summed E-state index contributed by atoms with van der Waals surface area (Å²) in [5, 5.41) is 6.14. The minimum absolute atomic E-state index is 0.0444. The number of carbonyl (C=O) groups is 1. The van der Waals surface area contributed by atoms with Gasteiger partial charge in [-0.1, -0.05) is 25.5 Å². The van der Waals surface area contributed by atoms with E-state index in [0.29, 0.717) is 6.04 Å². The number of hydrogen-bond acceptors (Lipinski definition) is 1. The van der Waals surface area contributed by atoms with Crippen molar-refractivity contribution >= 4 is 11.7 Å². The summed E-state index contributed by atoms with van der Waals surface area (Å²) in [5.74, 6) is 1.47. The van der Waals surface area contributed by atoms with Gasteiger partial charge in [-0.15, -0.1) is 0 Å². The maximum Gasteiger partial charge on any atom is 0.319 e. The van der Waals surface area contributed by atoms with Crippen molar-refractivity contribution in [1.82, 2.24) is 5.32 Å². The monoisotopic (exact) mass is 272 g/mol. The number of urea groups is 1. The molecular formula is C17H24N2O. The predicted molar refractivity (Wildman–Crippen MR) is 81.8 cm³/mol. The van der Waals surface area contributed by atoms with Gasteiger partial charge in [-0.05, 0) is 61.6 Å². The summed E-state index contributed by atoms with van der Waals surface area (Å²) in [5.41, 5.74) is 2.21. The smallest absolute Gasteiger partial charge is 0.319 e. The summed E-state index contributed by atoms with van der Waals surface area (Å²) in [6, 6.07) is 8.55. The Balaban J connectivity index is 1.52. The Morgan fingerprint density at radius 1 is 1.15 bits per heavy atom. The topological polar surface area (TPSA) is 41.1 Å². The van der Waals surface area contributed by atoms with Crippen molar-refractivity contribution in [3.63, 3.8) is 0 Å². The van der Waals surface area contributed by atoms with Gasteiger partial charge in [-0.3, -0.25) is 0 Å². The Morgan fingerprint density at radius 3 is 2.25 bits per heavy atom. The molecule has 3 nitrogen and oxygen atoms in total. The fourth-order valence-corrected chi connectivity index (χ4v) is 2.89. The maximum atomic E-state index is 12.1. The highest BCUT2D eigenvalue weighted by molar-refractivity contribution is 5.89. The Labute approximate surface area is 121 Å². The summed E-state index contributed by atoms with van der Waals surface area (Å²) in [7, 11) is 0. The van der Waals surface area contributed by atoms with Gasteiger partial charge in [0.25, 0.3) is 0 Å². The molecule has 0 spiro atoms. The molecule has 0 aromatic heterocycles. The number of rotatable bonds is 6. The van der Waals surface area contributed by atoms with Crippen LogP contribution in [0.5, 0.6) is 0 Å². The molecule has 0 bridgehead atoms. The number of amides is 2. The van der Waals surface area contributed by atoms with Gasteiger partial charge in [-0.2, -0.15) is 0 Å². The zero-order chi connectivity index (χ0) is 13.9. The Morgan fingerprint density at radius 2 is 1.75 bits per heavy atom. The van der Waals surface area contributed by atoms with E-state index in [2.05, 4.69) is 29.7 Å². The molecule has 2 aliphatic carbocycles. The van der Waals surface area contributed by atoms with Gasteiger partial charge in [0.05, 0.1) is 0 Å². The lowest BCUT2D eigenvalue weighted by molar-refractivity contribution is 0.245. The van der Waals surface area contributed by atoms with Gasteiger partial charge >= 0.3 is 6.03 Å². The molecule has 0 radical (unpaired) electrons. The molecule has 0 atom stereocenters. The molecule has 2 saturated carbocycles. The number of anilines is 1. The van der Waals surface area contributed by atoms with Crippen LogP contribution in [0.25, 0.3) is 0 Å². The number of benzene rings is 1. The zero-order valence-corrected chi connectivity index (χ0v) is 12.2. The molecule has 3 rings (SSSR count). The van der Waals surface area contributed by atoms with Crippen molar-refractivity contribution in [3.8, 4) is 0 Å². The molecule has 2 aliphatic rings. The number of hydrogen-bond donors (Lipinski definition) is 2. The lowest BCUT2D eigenvalue weighted by Crippen LogP contribution is -2.40. The predicted octanol–water partition coefficient (Wildman–Crippen LogP) is 3.95. The van der Waals surface area contributed by atoms with E-state index in [9.17, 15) is 4.79 Å². The van der Waals surface area contributed by atoms with Crippen LogP contribution in [0, 0.1) is 11.8 Å². The first kappa shape index (κ1) is 13.5. The lowest BCUT2D eigenvalue weighted by Gasteiger charge is -2.18. The van der Waals surface area contributed by atoms with Gasteiger partial charge in [0, 0.05) is 11.7 Å². The van der Waals surface area contributed by atoms with Crippen LogP contribution in [0.3, 0.4) is 0 Å². The quantitative estimate of drug-likeness (QED) is 0.809. The molecule has 20 heavy (non-hydrogen) atoms. The van der Waals surface area contributed by atoms with E-state index in [0.717, 1.165) is 30.4 Å². The van der Waals surface area contributed by atoms with Gasteiger partial charge in [-0.25, -0.2) is 4.79 Å². The Bertz CT molecular complexity index is 448. The molecule has 2 N–H and O–H groups in total. The molecule has 2 amide bonds. The van der Waals surface area contributed by atoms with E-state index in [4.69, 9.17) is 0 Å². The molecular weight excluding hydrogens is 248 g/mol. The van der Waals surface area contributed by atoms with Crippen molar-refractivity contribution < 1.29 is 4.79 Å². The largest absolute Gasteiger partial charge is 0.335 e. The third-order valence-corrected chi connectivity index (χ3v) is 4.31. The minimum atomic E-state index is -0.0444. The van der Waals surface area contributed by atoms with Crippen LogP contribution in [0.1, 0.15) is 44.6 Å². The third-order valence-electron chi connectivity index (χ3n) is 4.31. The van der Waals surface area contributed by atoms with Crippen molar-refractivity contribution in [2.45, 2.75) is 51.5 Å². The molecule has 1 aromatic carbocycles. The van der Waals surface area contributed by atoms with Gasteiger partial charge in [0.1, 0.15) is 0 Å². The molecule has 3 heteroatoms.